The predicted molar refractivity (Wildman–Crippen MR) is 439 cm³/mol. The van der Waals surface area contributed by atoms with Gasteiger partial charge in [-0.2, -0.15) is 0 Å². The average Bonchev–Trinajstić information content (AvgIpc) is 2.89. The summed E-state index contributed by atoms with van der Waals surface area (Å²) in [4.78, 5) is 0. The van der Waals surface area contributed by atoms with Gasteiger partial charge >= 0.3 is 0 Å². The molecule has 0 fully saturated rings. The van der Waals surface area contributed by atoms with Crippen LogP contribution in [0.25, 0.3) is 0 Å². The lowest BCUT2D eigenvalue weighted by Gasteiger charge is -2.09. The predicted octanol–water partition coefficient (Wildman–Crippen LogP) is 9.34. The van der Waals surface area contributed by atoms with Crippen LogP contribution >= 0.6 is 0 Å². The van der Waals surface area contributed by atoms with E-state index in [-0.39, 0.29) is 0 Å². The first-order chi connectivity index (χ1) is 57.4. The fourth-order valence-electron chi connectivity index (χ4n) is 10.1. The van der Waals surface area contributed by atoms with Gasteiger partial charge in [0.2, 0.25) is 0 Å². The zero-order valence-corrected chi connectivity index (χ0v) is 72.6. The summed E-state index contributed by atoms with van der Waals surface area (Å²) in [6.45, 7) is 36.5. The van der Waals surface area contributed by atoms with Crippen molar-refractivity contribution in [3.8, 4) is 0 Å². The lowest BCUT2D eigenvalue weighted by atomic mass is 10.1. The van der Waals surface area contributed by atoms with Crippen molar-refractivity contribution in [2.24, 2.45) is 0 Å². The smallest absolute Gasteiger partial charge is 0.0701 e. The Balaban J connectivity index is 3.10. The van der Waals surface area contributed by atoms with Gasteiger partial charge in [-0.1, -0.05) is 129 Å². The first kappa shape index (κ1) is 114. The molecule has 0 heterocycles. The van der Waals surface area contributed by atoms with E-state index in [0.717, 1.165) is 26.1 Å². The second-order valence-corrected chi connectivity index (χ2v) is 26.3. The van der Waals surface area contributed by atoms with Crippen LogP contribution < -0.4 is 0 Å². The molecule has 0 aromatic heterocycles. The van der Waals surface area contributed by atoms with Crippen molar-refractivity contribution in [3.05, 3.63) is 0 Å². The van der Waals surface area contributed by atoms with E-state index in [4.69, 9.17) is 147 Å². The van der Waals surface area contributed by atoms with Crippen LogP contribution in [0.4, 0.5) is 0 Å². The van der Waals surface area contributed by atoms with E-state index < -0.39 is 0 Å². The first-order valence-electron chi connectivity index (χ1n) is 44.3. The molecule has 0 N–H and O–H groups in total. The fraction of sp³-hybridized carbons (Fsp3) is 1.00. The monoisotopic (exact) mass is 1680 g/mol. The number of unbranched alkanes of at least 4 members (excludes halogenated alkanes) is 18. The third-order valence-corrected chi connectivity index (χ3v) is 16.4. The van der Waals surface area contributed by atoms with Crippen LogP contribution in [0.15, 0.2) is 0 Å². The molecule has 0 bridgehead atoms. The Hall–Kier alpha value is -1.24. The highest BCUT2D eigenvalue weighted by Crippen LogP contribution is 2.12. The molecule has 0 aliphatic carbocycles. The van der Waals surface area contributed by atoms with Crippen LogP contribution in [0, 0.1) is 0 Å². The minimum absolute atomic E-state index is 0.481. The van der Waals surface area contributed by atoms with Crippen LogP contribution in [0.3, 0.4) is 0 Å². The molecular weight excluding hydrogens is 1500 g/mol. The highest BCUT2D eigenvalue weighted by molar-refractivity contribution is 4.51. The zero-order chi connectivity index (χ0) is 81.9. The van der Waals surface area contributed by atoms with E-state index in [1.165, 1.54) is 116 Å². The summed E-state index contributed by atoms with van der Waals surface area (Å²) >= 11 is 0. The lowest BCUT2D eigenvalue weighted by Crippen LogP contribution is -2.16. The van der Waals surface area contributed by atoms with E-state index >= 15 is 0 Å². The third kappa shape index (κ3) is 113. The van der Waals surface area contributed by atoms with Gasteiger partial charge in [-0.3, -0.25) is 0 Å². The van der Waals surface area contributed by atoms with Crippen LogP contribution in [-0.2, 0) is 147 Å². The van der Waals surface area contributed by atoms with Crippen LogP contribution in [0.5, 0.6) is 0 Å². The van der Waals surface area contributed by atoms with Crippen LogP contribution in [0.1, 0.15) is 142 Å². The summed E-state index contributed by atoms with van der Waals surface area (Å²) in [7, 11) is 0. The fourth-order valence-corrected chi connectivity index (χ4v) is 10.1. The Labute approximate surface area is 696 Å². The Morgan fingerprint density at radius 3 is 0.209 bits per heavy atom. The molecule has 0 aromatic carbocycles. The van der Waals surface area contributed by atoms with Gasteiger partial charge in [0, 0.05) is 13.2 Å². The molecule has 0 radical (unpaired) electrons. The number of hydrogen-bond acceptors (Lipinski definition) is 31. The van der Waals surface area contributed by atoms with Gasteiger partial charge in [-0.05, 0) is 12.8 Å². The van der Waals surface area contributed by atoms with Gasteiger partial charge in [-0.15, -0.1) is 0 Å². The summed E-state index contributed by atoms with van der Waals surface area (Å²) in [6.07, 6.45) is 26.7. The van der Waals surface area contributed by atoms with Crippen molar-refractivity contribution in [2.75, 3.05) is 410 Å². The number of hydrogen-bond donors (Lipinski definition) is 0. The van der Waals surface area contributed by atoms with E-state index in [1.54, 1.807) is 0 Å². The van der Waals surface area contributed by atoms with Gasteiger partial charge in [0.05, 0.1) is 396 Å². The summed E-state index contributed by atoms with van der Waals surface area (Å²) < 4.78 is 172. The summed E-state index contributed by atoms with van der Waals surface area (Å²) in [5, 5.41) is 0. The molecule has 0 aliphatic heterocycles. The minimum atomic E-state index is 0.481. The highest BCUT2D eigenvalue weighted by Gasteiger charge is 2.04. The van der Waals surface area contributed by atoms with E-state index in [9.17, 15) is 0 Å². The van der Waals surface area contributed by atoms with Crippen molar-refractivity contribution in [3.63, 3.8) is 0 Å². The zero-order valence-electron chi connectivity index (χ0n) is 72.6. The molecule has 0 rings (SSSR count). The third-order valence-electron chi connectivity index (χ3n) is 16.4. The van der Waals surface area contributed by atoms with Gasteiger partial charge < -0.3 is 147 Å². The molecule has 0 atom stereocenters. The van der Waals surface area contributed by atoms with E-state index in [1.807, 2.05) is 0 Å². The minimum Gasteiger partial charge on any atom is -0.379 e. The topological polar surface area (TPSA) is 286 Å². The molecule has 31 heteroatoms. The van der Waals surface area contributed by atoms with Crippen molar-refractivity contribution >= 4 is 0 Å². The van der Waals surface area contributed by atoms with Gasteiger partial charge in [0.25, 0.3) is 0 Å². The van der Waals surface area contributed by atoms with Crippen LogP contribution in [-0.4, -0.2) is 410 Å². The maximum Gasteiger partial charge on any atom is 0.0701 e. The van der Waals surface area contributed by atoms with Crippen molar-refractivity contribution in [1.82, 2.24) is 0 Å². The molecule has 115 heavy (non-hydrogen) atoms. The summed E-state index contributed by atoms with van der Waals surface area (Å²) in [5.74, 6) is 0. The molecule has 0 saturated carbocycles. The average molecular weight is 1680 g/mol. The molecule has 0 amide bonds. The Kier molecular flexibility index (Phi) is 112. The van der Waals surface area contributed by atoms with Gasteiger partial charge in [0.1, 0.15) is 0 Å². The van der Waals surface area contributed by atoms with E-state index in [0.29, 0.717) is 396 Å². The maximum absolute atomic E-state index is 5.67. The van der Waals surface area contributed by atoms with Crippen molar-refractivity contribution < 1.29 is 147 Å². The molecular formula is C84H170O31. The highest BCUT2D eigenvalue weighted by atomic mass is 16.6. The standard InChI is InChI=1S/C84H170O31/c1-3-5-7-9-11-13-15-17-19-21-23-85-25-27-87-29-31-89-33-35-91-37-39-93-41-43-95-45-47-97-49-51-99-53-55-101-57-59-103-61-63-105-65-67-107-69-71-109-73-75-111-77-79-113-81-83-115-84-82-114-80-78-112-76-74-110-72-70-108-68-66-106-64-62-104-60-58-102-56-54-100-52-50-98-48-46-96-44-42-94-40-38-92-36-34-90-32-30-88-28-26-86-24-22-20-18-16-14-12-10-8-6-4-2/h3-84H2,1-2H3. The number of ether oxygens (including phenoxy) is 31. The largest absolute Gasteiger partial charge is 0.379 e. The Bertz CT molecular complexity index is 1480. The van der Waals surface area contributed by atoms with Gasteiger partial charge in [0.15, 0.2) is 0 Å². The van der Waals surface area contributed by atoms with Crippen LogP contribution in [0.2, 0.25) is 0 Å². The molecule has 692 valence electrons. The lowest BCUT2D eigenvalue weighted by molar-refractivity contribution is -0.0325. The second-order valence-electron chi connectivity index (χ2n) is 26.3. The van der Waals surface area contributed by atoms with Crippen molar-refractivity contribution in [2.45, 2.75) is 142 Å². The normalized spacial score (nSPS) is 11.8. The Morgan fingerprint density at radius 1 is 0.0696 bits per heavy atom. The molecule has 31 nitrogen and oxygen atoms in total. The Morgan fingerprint density at radius 2 is 0.130 bits per heavy atom. The molecule has 0 aromatic rings. The second kappa shape index (κ2) is 113. The molecule has 0 saturated heterocycles. The van der Waals surface area contributed by atoms with Gasteiger partial charge in [-0.25, -0.2) is 0 Å². The SMILES string of the molecule is CCCCCCCCCCCCOCCOCCOCCOCCOCCOCCOCCOCCOCCOCCOCCOCCOCCOCCOCCOCCOCCOCCOCCOCCOCCOCCOCCOCCOCCOCCOCCOCCOCCOCCOCCCCCCCCCCCC. The molecule has 0 spiro atoms. The first-order valence-corrected chi connectivity index (χ1v) is 44.3. The van der Waals surface area contributed by atoms with E-state index in [2.05, 4.69) is 13.8 Å². The maximum atomic E-state index is 5.67. The summed E-state index contributed by atoms with van der Waals surface area (Å²) in [5.41, 5.74) is 0. The number of rotatable bonds is 112. The summed E-state index contributed by atoms with van der Waals surface area (Å²) in [6, 6.07) is 0. The quantitative estimate of drug-likeness (QED) is 0.0512. The van der Waals surface area contributed by atoms with Crippen molar-refractivity contribution in [1.29, 1.82) is 0 Å². The molecule has 0 unspecified atom stereocenters. The molecule has 0 aliphatic rings.